The molecule has 0 atom stereocenters. The molecule has 4 nitrogen and oxygen atoms in total. The van der Waals surface area contributed by atoms with Crippen molar-refractivity contribution in [1.29, 1.82) is 0 Å². The normalized spacial score (nSPS) is 11.8. The van der Waals surface area contributed by atoms with Crippen molar-refractivity contribution in [1.82, 2.24) is 0 Å². The summed E-state index contributed by atoms with van der Waals surface area (Å²) in [5.74, 6) is 0. The van der Waals surface area contributed by atoms with E-state index >= 15 is 0 Å². The quantitative estimate of drug-likeness (QED) is 0.424. The summed E-state index contributed by atoms with van der Waals surface area (Å²) in [7, 11) is -1.57. The first-order valence-electron chi connectivity index (χ1n) is 9.42. The number of benzene rings is 4. The van der Waals surface area contributed by atoms with Crippen LogP contribution in [-0.4, -0.2) is 17.2 Å². The first-order valence-corrected chi connectivity index (χ1v) is 9.42. The number of furan rings is 2. The molecule has 0 spiro atoms. The van der Waals surface area contributed by atoms with Crippen LogP contribution in [0.2, 0.25) is 0 Å². The van der Waals surface area contributed by atoms with Crippen molar-refractivity contribution < 1.29 is 18.9 Å². The lowest BCUT2D eigenvalue weighted by Crippen LogP contribution is -2.29. The topological polar surface area (TPSA) is 66.7 Å². The third kappa shape index (κ3) is 2.42. The van der Waals surface area contributed by atoms with Crippen LogP contribution in [0.3, 0.4) is 0 Å². The molecule has 0 aliphatic heterocycles. The van der Waals surface area contributed by atoms with Crippen molar-refractivity contribution >= 4 is 56.5 Å². The molecule has 29 heavy (non-hydrogen) atoms. The lowest BCUT2D eigenvalue weighted by Gasteiger charge is -2.02. The van der Waals surface area contributed by atoms with Gasteiger partial charge in [-0.3, -0.25) is 0 Å². The summed E-state index contributed by atoms with van der Waals surface area (Å²) in [6.45, 7) is 0. The zero-order valence-electron chi connectivity index (χ0n) is 15.3. The van der Waals surface area contributed by atoms with Gasteiger partial charge in [-0.2, -0.15) is 0 Å². The Morgan fingerprint density at radius 3 is 1.93 bits per heavy atom. The van der Waals surface area contributed by atoms with Crippen LogP contribution in [0.4, 0.5) is 0 Å². The second-order valence-electron chi connectivity index (χ2n) is 7.22. The summed E-state index contributed by atoms with van der Waals surface area (Å²) in [5.41, 5.74) is 5.47. The van der Waals surface area contributed by atoms with E-state index in [1.807, 2.05) is 48.5 Å². The van der Waals surface area contributed by atoms with Crippen molar-refractivity contribution in [3.63, 3.8) is 0 Å². The molecular weight excluding hydrogens is 363 g/mol. The molecule has 138 valence electrons. The molecule has 0 aliphatic rings. The van der Waals surface area contributed by atoms with E-state index in [2.05, 4.69) is 24.3 Å². The third-order valence-electron chi connectivity index (χ3n) is 5.52. The summed E-state index contributed by atoms with van der Waals surface area (Å²) < 4.78 is 11.8. The minimum absolute atomic E-state index is 0.367. The van der Waals surface area contributed by atoms with Gasteiger partial charge in [0.25, 0.3) is 0 Å². The van der Waals surface area contributed by atoms with Gasteiger partial charge in [-0.1, -0.05) is 48.5 Å². The van der Waals surface area contributed by atoms with Crippen LogP contribution in [0, 0.1) is 0 Å². The average Bonchev–Trinajstić information content (AvgIpc) is 3.30. The van der Waals surface area contributed by atoms with Gasteiger partial charge in [0, 0.05) is 27.0 Å². The molecule has 6 aromatic rings. The van der Waals surface area contributed by atoms with Crippen LogP contribution in [0.15, 0.2) is 87.7 Å². The van der Waals surface area contributed by atoms with Gasteiger partial charge in [-0.05, 0) is 41.5 Å². The Morgan fingerprint density at radius 1 is 0.552 bits per heavy atom. The maximum absolute atomic E-state index is 9.63. The second kappa shape index (κ2) is 5.98. The highest BCUT2D eigenvalue weighted by Gasteiger charge is 2.19. The average molecular weight is 378 g/mol. The summed E-state index contributed by atoms with van der Waals surface area (Å²) in [5, 5.41) is 23.3. The highest BCUT2D eigenvalue weighted by Crippen LogP contribution is 2.35. The lowest BCUT2D eigenvalue weighted by atomic mass is 9.79. The van der Waals surface area contributed by atoms with E-state index in [0.717, 1.165) is 43.8 Å². The first kappa shape index (κ1) is 16.4. The molecule has 4 aromatic carbocycles. The van der Waals surface area contributed by atoms with Crippen LogP contribution < -0.4 is 5.46 Å². The van der Waals surface area contributed by atoms with Gasteiger partial charge in [0.05, 0.1) is 0 Å². The maximum atomic E-state index is 9.63. The SMILES string of the molecule is OB(O)c1cccc2c1oc1ccc(-c3ccc4oc5ccccc5c4c3)cc12. The third-order valence-corrected chi connectivity index (χ3v) is 5.52. The smallest absolute Gasteiger partial charge is 0.456 e. The van der Waals surface area contributed by atoms with Gasteiger partial charge in [0.2, 0.25) is 0 Å². The number of fused-ring (bicyclic) bond motifs is 6. The highest BCUT2D eigenvalue weighted by atomic mass is 16.4. The molecule has 2 heterocycles. The van der Waals surface area contributed by atoms with Gasteiger partial charge in [-0.25, -0.2) is 0 Å². The molecular formula is C24H15BO4. The fourth-order valence-electron chi connectivity index (χ4n) is 4.11. The van der Waals surface area contributed by atoms with Gasteiger partial charge in [0.15, 0.2) is 0 Å². The van der Waals surface area contributed by atoms with Crippen molar-refractivity contribution in [2.24, 2.45) is 0 Å². The molecule has 5 heteroatoms. The fraction of sp³-hybridized carbons (Fsp3) is 0. The molecule has 0 radical (unpaired) electrons. The molecule has 0 fully saturated rings. The Kier molecular flexibility index (Phi) is 3.39. The van der Waals surface area contributed by atoms with Crippen LogP contribution >= 0.6 is 0 Å². The maximum Gasteiger partial charge on any atom is 0.492 e. The van der Waals surface area contributed by atoms with E-state index in [1.165, 1.54) is 0 Å². The predicted molar refractivity (Wildman–Crippen MR) is 116 cm³/mol. The van der Waals surface area contributed by atoms with Crippen molar-refractivity contribution in [2.45, 2.75) is 0 Å². The molecule has 2 N–H and O–H groups in total. The zero-order chi connectivity index (χ0) is 19.5. The lowest BCUT2D eigenvalue weighted by molar-refractivity contribution is 0.425. The molecule has 0 unspecified atom stereocenters. The molecule has 0 bridgehead atoms. The molecule has 0 aliphatic carbocycles. The monoisotopic (exact) mass is 378 g/mol. The Hall–Kier alpha value is -3.54. The Bertz CT molecular complexity index is 1540. The zero-order valence-corrected chi connectivity index (χ0v) is 15.3. The van der Waals surface area contributed by atoms with E-state index in [9.17, 15) is 10.0 Å². The number of rotatable bonds is 2. The van der Waals surface area contributed by atoms with Crippen molar-refractivity contribution in [3.05, 3.63) is 78.9 Å². The van der Waals surface area contributed by atoms with Crippen molar-refractivity contribution in [2.75, 3.05) is 0 Å². The summed E-state index contributed by atoms with van der Waals surface area (Å²) >= 11 is 0. The van der Waals surface area contributed by atoms with Crippen molar-refractivity contribution in [3.8, 4) is 11.1 Å². The predicted octanol–water partition coefficient (Wildman–Crippen LogP) is 4.83. The molecule has 0 saturated carbocycles. The van der Waals surface area contributed by atoms with Crippen LogP contribution in [0.25, 0.3) is 55.0 Å². The van der Waals surface area contributed by atoms with E-state index in [-0.39, 0.29) is 0 Å². The number of hydrogen-bond donors (Lipinski definition) is 2. The van der Waals surface area contributed by atoms with Gasteiger partial charge < -0.3 is 18.9 Å². The Morgan fingerprint density at radius 2 is 1.17 bits per heavy atom. The van der Waals surface area contributed by atoms with Gasteiger partial charge in [-0.15, -0.1) is 0 Å². The van der Waals surface area contributed by atoms with E-state index in [1.54, 1.807) is 6.07 Å². The number of para-hydroxylation sites is 2. The molecule has 0 amide bonds. The largest absolute Gasteiger partial charge is 0.492 e. The van der Waals surface area contributed by atoms with Gasteiger partial charge >= 0.3 is 7.12 Å². The summed E-state index contributed by atoms with van der Waals surface area (Å²) in [6, 6.07) is 25.7. The minimum atomic E-state index is -1.57. The molecule has 2 aromatic heterocycles. The fourth-order valence-corrected chi connectivity index (χ4v) is 4.11. The van der Waals surface area contributed by atoms with Crippen LogP contribution in [0.1, 0.15) is 0 Å². The standard InChI is InChI=1S/C24H15BO4/c26-25(27)20-6-3-5-17-19-13-15(9-11-23(19)29-24(17)20)14-8-10-22-18(12-14)16-4-1-2-7-21(16)28-22/h1-13,26-27H. The number of hydrogen-bond acceptors (Lipinski definition) is 4. The minimum Gasteiger partial charge on any atom is -0.456 e. The van der Waals surface area contributed by atoms with E-state index < -0.39 is 7.12 Å². The van der Waals surface area contributed by atoms with Crippen LogP contribution in [-0.2, 0) is 0 Å². The Balaban J connectivity index is 1.58. The Labute approximate surface area is 165 Å². The van der Waals surface area contributed by atoms with E-state index in [4.69, 9.17) is 8.83 Å². The van der Waals surface area contributed by atoms with E-state index in [0.29, 0.717) is 16.6 Å². The molecule has 0 saturated heterocycles. The second-order valence-corrected chi connectivity index (χ2v) is 7.22. The van der Waals surface area contributed by atoms with Gasteiger partial charge in [0.1, 0.15) is 22.3 Å². The first-order chi connectivity index (χ1) is 14.2. The molecule has 6 rings (SSSR count). The summed E-state index contributed by atoms with van der Waals surface area (Å²) in [6.07, 6.45) is 0. The summed E-state index contributed by atoms with van der Waals surface area (Å²) in [4.78, 5) is 0. The van der Waals surface area contributed by atoms with Crippen LogP contribution in [0.5, 0.6) is 0 Å². The highest BCUT2D eigenvalue weighted by molar-refractivity contribution is 6.61.